The number of benzene rings is 1. The molecule has 0 aliphatic carbocycles. The van der Waals surface area contributed by atoms with E-state index in [1.165, 1.54) is 13.1 Å². The van der Waals surface area contributed by atoms with Crippen LogP contribution < -0.4 is 4.90 Å². The molecule has 1 N–H and O–H groups in total. The number of fused-ring (bicyclic) bond motifs is 2. The zero-order valence-corrected chi connectivity index (χ0v) is 21.1. The molecule has 0 spiro atoms. The summed E-state index contributed by atoms with van der Waals surface area (Å²) >= 11 is 0. The van der Waals surface area contributed by atoms with E-state index in [-0.39, 0.29) is 45.8 Å². The number of aliphatic hydroxyl groups excluding tert-OH is 1. The fraction of sp³-hybridized carbons (Fsp3) is 0.542. The van der Waals surface area contributed by atoms with Crippen molar-refractivity contribution in [3.8, 4) is 0 Å². The van der Waals surface area contributed by atoms with Crippen LogP contribution in [0.15, 0.2) is 28.2 Å². The van der Waals surface area contributed by atoms with Gasteiger partial charge in [0.25, 0.3) is 0 Å². The zero-order valence-electron chi connectivity index (χ0n) is 20.3. The molecule has 0 radical (unpaired) electrons. The van der Waals surface area contributed by atoms with Crippen LogP contribution in [0.3, 0.4) is 0 Å². The van der Waals surface area contributed by atoms with Crippen LogP contribution in [0.5, 0.6) is 0 Å². The molecule has 35 heavy (non-hydrogen) atoms. The molecule has 7 nitrogen and oxygen atoms in total. The van der Waals surface area contributed by atoms with Gasteiger partial charge in [-0.15, -0.1) is 0 Å². The molecule has 0 saturated carbocycles. The highest BCUT2D eigenvalue weighted by atomic mass is 32.2. The Hall–Kier alpha value is -2.53. The van der Waals surface area contributed by atoms with E-state index in [1.807, 2.05) is 20.8 Å². The van der Waals surface area contributed by atoms with Gasteiger partial charge in [0.1, 0.15) is 0 Å². The molecule has 2 aromatic rings. The first-order chi connectivity index (χ1) is 16.2. The first kappa shape index (κ1) is 25.6. The number of hydrogen-bond donors (Lipinski definition) is 1. The molecule has 3 unspecified atom stereocenters. The summed E-state index contributed by atoms with van der Waals surface area (Å²) in [5.74, 6) is -0.0493. The van der Waals surface area contributed by atoms with Gasteiger partial charge in [-0.1, -0.05) is 20.8 Å². The third kappa shape index (κ3) is 4.55. The number of piperidine rings is 1. The minimum Gasteiger partial charge on any atom is -0.392 e. The number of halogens is 3. The van der Waals surface area contributed by atoms with E-state index >= 15 is 0 Å². The monoisotopic (exact) mass is 510 g/mol. The van der Waals surface area contributed by atoms with Crippen LogP contribution in [0.1, 0.15) is 55.5 Å². The molecule has 1 saturated heterocycles. The summed E-state index contributed by atoms with van der Waals surface area (Å²) in [7, 11) is -3.55. The number of aryl methyl sites for hydroxylation is 1. The summed E-state index contributed by atoms with van der Waals surface area (Å²) < 4.78 is 65.2. The Morgan fingerprint density at radius 1 is 1.26 bits per heavy atom. The lowest BCUT2D eigenvalue weighted by molar-refractivity contribution is -0.141. The predicted molar refractivity (Wildman–Crippen MR) is 127 cm³/mol. The fourth-order valence-corrected chi connectivity index (χ4v) is 6.24. The van der Waals surface area contributed by atoms with Crippen molar-refractivity contribution in [3.05, 3.63) is 40.7 Å². The number of aromatic nitrogens is 2. The van der Waals surface area contributed by atoms with E-state index in [9.17, 15) is 26.7 Å². The largest absolute Gasteiger partial charge is 0.433 e. The number of sulfone groups is 1. The van der Waals surface area contributed by atoms with Crippen molar-refractivity contribution in [2.45, 2.75) is 63.8 Å². The summed E-state index contributed by atoms with van der Waals surface area (Å²) in [6, 6.07) is 2.88. The van der Waals surface area contributed by atoms with Gasteiger partial charge in [0.15, 0.2) is 15.5 Å². The van der Waals surface area contributed by atoms with Gasteiger partial charge < -0.3 is 10.0 Å². The number of hydrogen-bond acceptors (Lipinski definition) is 7. The zero-order chi connectivity index (χ0) is 25.9. The van der Waals surface area contributed by atoms with Crippen molar-refractivity contribution >= 4 is 27.2 Å². The van der Waals surface area contributed by atoms with E-state index in [0.717, 1.165) is 17.5 Å². The highest BCUT2D eigenvalue weighted by Crippen LogP contribution is 2.46. The Morgan fingerprint density at radius 2 is 1.94 bits per heavy atom. The summed E-state index contributed by atoms with van der Waals surface area (Å²) in [4.78, 5) is 14.9. The molecular weight excluding hydrogens is 481 g/mol. The molecule has 190 valence electrons. The van der Waals surface area contributed by atoms with Gasteiger partial charge in [-0.3, -0.25) is 4.99 Å². The number of rotatable bonds is 4. The Morgan fingerprint density at radius 3 is 2.51 bits per heavy atom. The van der Waals surface area contributed by atoms with Gasteiger partial charge in [0, 0.05) is 30.6 Å². The quantitative estimate of drug-likeness (QED) is 0.654. The molecule has 0 bridgehead atoms. The maximum Gasteiger partial charge on any atom is 0.433 e. The average Bonchev–Trinajstić information content (AvgIpc) is 2.76. The molecule has 3 atom stereocenters. The number of aliphatic hydroxyl groups is 1. The minimum absolute atomic E-state index is 0.00264. The number of alkyl halides is 3. The van der Waals surface area contributed by atoms with Crippen molar-refractivity contribution in [1.82, 2.24) is 9.97 Å². The Labute approximate surface area is 203 Å². The van der Waals surface area contributed by atoms with Crippen molar-refractivity contribution in [3.63, 3.8) is 0 Å². The highest BCUT2D eigenvalue weighted by molar-refractivity contribution is 7.90. The van der Waals surface area contributed by atoms with Crippen molar-refractivity contribution in [1.29, 1.82) is 0 Å². The second-order valence-electron chi connectivity index (χ2n) is 9.75. The number of anilines is 1. The third-order valence-electron chi connectivity index (χ3n) is 6.94. The molecule has 1 aromatic carbocycles. The van der Waals surface area contributed by atoms with E-state index in [0.29, 0.717) is 18.7 Å². The van der Waals surface area contributed by atoms with Crippen LogP contribution in [-0.2, 0) is 22.6 Å². The smallest absolute Gasteiger partial charge is 0.392 e. The average molecular weight is 511 g/mol. The maximum atomic E-state index is 13.5. The normalized spacial score (nSPS) is 22.6. The second kappa shape index (κ2) is 8.85. The summed E-state index contributed by atoms with van der Waals surface area (Å²) in [6.07, 6.45) is -1.66. The lowest BCUT2D eigenvalue weighted by atomic mass is 9.72. The van der Waals surface area contributed by atoms with Gasteiger partial charge >= 0.3 is 6.18 Å². The van der Waals surface area contributed by atoms with Crippen molar-refractivity contribution in [2.24, 2.45) is 16.8 Å². The molecule has 2 aliphatic rings. The van der Waals surface area contributed by atoms with Crippen molar-refractivity contribution in [2.75, 3.05) is 17.7 Å². The maximum absolute atomic E-state index is 13.5. The third-order valence-corrected chi connectivity index (χ3v) is 8.12. The van der Waals surface area contributed by atoms with E-state index in [1.54, 1.807) is 17.0 Å². The van der Waals surface area contributed by atoms with Gasteiger partial charge in [-0.05, 0) is 54.0 Å². The topological polar surface area (TPSA) is 95.7 Å². The fourth-order valence-electron chi connectivity index (χ4n) is 5.30. The van der Waals surface area contributed by atoms with Gasteiger partial charge in [-0.2, -0.15) is 13.2 Å². The molecule has 1 fully saturated rings. The molecular formula is C24H29F3N4O3S. The SMILES string of the molecule is Cc1cnc(N2CCC3C(=Nc4cc(CO)c(S(C)(=O)=O)cc4C3C)C2C(C)C)nc1C(F)(F)F. The highest BCUT2D eigenvalue weighted by Gasteiger charge is 2.44. The van der Waals surface area contributed by atoms with Crippen LogP contribution in [0, 0.1) is 18.8 Å². The molecule has 11 heteroatoms. The van der Waals surface area contributed by atoms with Crippen LogP contribution in [-0.4, -0.2) is 48.0 Å². The summed E-state index contributed by atoms with van der Waals surface area (Å²) in [5, 5.41) is 9.80. The van der Waals surface area contributed by atoms with Crippen LogP contribution in [0.2, 0.25) is 0 Å². The van der Waals surface area contributed by atoms with E-state index < -0.39 is 28.3 Å². The number of aliphatic imine (C=N–C) groups is 1. The van der Waals surface area contributed by atoms with Crippen molar-refractivity contribution < 1.29 is 26.7 Å². The minimum atomic E-state index is -4.58. The Bertz CT molecular complexity index is 1290. The lowest BCUT2D eigenvalue weighted by Gasteiger charge is -2.46. The number of nitrogens with zero attached hydrogens (tertiary/aromatic N) is 4. The van der Waals surface area contributed by atoms with E-state index in [2.05, 4.69) is 9.97 Å². The Kier molecular flexibility index (Phi) is 6.46. The van der Waals surface area contributed by atoms with Crippen LogP contribution in [0.25, 0.3) is 0 Å². The van der Waals surface area contributed by atoms with Crippen LogP contribution >= 0.6 is 0 Å². The Balaban J connectivity index is 1.84. The first-order valence-corrected chi connectivity index (χ1v) is 13.4. The van der Waals surface area contributed by atoms with Gasteiger partial charge in [0.05, 0.1) is 23.2 Å². The molecule has 4 rings (SSSR count). The van der Waals surface area contributed by atoms with Crippen LogP contribution in [0.4, 0.5) is 24.8 Å². The molecule has 0 amide bonds. The second-order valence-corrected chi connectivity index (χ2v) is 11.7. The molecule has 3 heterocycles. The summed E-state index contributed by atoms with van der Waals surface area (Å²) in [5.41, 5.74) is 1.48. The molecule has 1 aromatic heterocycles. The summed E-state index contributed by atoms with van der Waals surface area (Å²) in [6.45, 7) is 7.31. The molecule has 2 aliphatic heterocycles. The first-order valence-electron chi connectivity index (χ1n) is 11.5. The lowest BCUT2D eigenvalue weighted by Crippen LogP contribution is -2.54. The van der Waals surface area contributed by atoms with Gasteiger partial charge in [0.2, 0.25) is 5.95 Å². The van der Waals surface area contributed by atoms with Gasteiger partial charge in [-0.25, -0.2) is 18.4 Å². The predicted octanol–water partition coefficient (Wildman–Crippen LogP) is 4.44. The standard InChI is InChI=1S/C24H29F3N4O3S/c1-12(2)21-20-16(6-7-31(21)23-28-10-13(3)22(30-23)24(25,26)27)14(4)17-9-19(35(5,33)34)15(11-32)8-18(17)29-20/h8-10,12,14,16,21,32H,6-7,11H2,1-5H3. The van der Waals surface area contributed by atoms with E-state index in [4.69, 9.17) is 4.99 Å².